The summed E-state index contributed by atoms with van der Waals surface area (Å²) in [5.41, 5.74) is 9.28. The van der Waals surface area contributed by atoms with E-state index in [0.717, 1.165) is 11.1 Å². The topological polar surface area (TPSA) is 76.2 Å². The average Bonchev–Trinajstić information content (AvgIpc) is 2.78. The van der Waals surface area contributed by atoms with E-state index in [2.05, 4.69) is 4.98 Å². The molecule has 0 unspecified atom stereocenters. The van der Waals surface area contributed by atoms with Crippen molar-refractivity contribution in [3.05, 3.63) is 41.0 Å². The molecule has 0 aliphatic heterocycles. The van der Waals surface area contributed by atoms with E-state index in [-0.39, 0.29) is 36.5 Å². The van der Waals surface area contributed by atoms with Crippen molar-refractivity contribution in [2.45, 2.75) is 13.0 Å². The molecule has 4 nitrogen and oxygen atoms in total. The number of carboxylic acids is 1. The van der Waals surface area contributed by atoms with Crippen LogP contribution in [-0.4, -0.2) is 16.1 Å². The molecule has 2 rings (SSSR count). The van der Waals surface area contributed by atoms with Crippen LogP contribution in [0.4, 0.5) is 0 Å². The quantitative estimate of drug-likeness (QED) is 0.909. The second kappa shape index (κ2) is 7.45. The summed E-state index contributed by atoms with van der Waals surface area (Å²) >= 11 is 1.32. The summed E-state index contributed by atoms with van der Waals surface area (Å²) in [5.74, 6) is -1.00. The van der Waals surface area contributed by atoms with Crippen molar-refractivity contribution in [1.82, 2.24) is 4.98 Å². The van der Waals surface area contributed by atoms with E-state index in [9.17, 15) is 4.79 Å². The molecular formula is C12H14Cl2N2O2S. The van der Waals surface area contributed by atoms with Crippen molar-refractivity contribution >= 4 is 42.1 Å². The lowest BCUT2D eigenvalue weighted by Gasteiger charge is -2.06. The maximum atomic E-state index is 11.0. The van der Waals surface area contributed by atoms with Gasteiger partial charge >= 0.3 is 5.97 Å². The zero-order chi connectivity index (χ0) is 12.4. The molecule has 0 amide bonds. The highest BCUT2D eigenvalue weighted by molar-refractivity contribution is 7.13. The van der Waals surface area contributed by atoms with Gasteiger partial charge in [-0.2, -0.15) is 0 Å². The number of carboxylic acid groups (broad SMARTS) is 1. The lowest BCUT2D eigenvalue weighted by Crippen LogP contribution is -2.04. The molecule has 1 aromatic carbocycles. The van der Waals surface area contributed by atoms with E-state index in [0.29, 0.717) is 4.88 Å². The molecule has 0 saturated carbocycles. The Labute approximate surface area is 127 Å². The Morgan fingerprint density at radius 1 is 1.32 bits per heavy atom. The minimum Gasteiger partial charge on any atom is -0.476 e. The Morgan fingerprint density at radius 2 is 1.89 bits per heavy atom. The van der Waals surface area contributed by atoms with Crippen LogP contribution >= 0.6 is 36.2 Å². The second-order valence-electron chi connectivity index (χ2n) is 3.75. The van der Waals surface area contributed by atoms with E-state index in [1.165, 1.54) is 16.8 Å². The third kappa shape index (κ3) is 3.91. The maximum absolute atomic E-state index is 11.0. The van der Waals surface area contributed by atoms with E-state index in [4.69, 9.17) is 10.8 Å². The smallest absolute Gasteiger partial charge is 0.356 e. The number of aromatic carboxylic acids is 1. The molecule has 0 aliphatic rings. The molecule has 0 aliphatic carbocycles. The predicted molar refractivity (Wildman–Crippen MR) is 81.6 cm³/mol. The lowest BCUT2D eigenvalue weighted by molar-refractivity contribution is 0.0692. The number of aromatic nitrogens is 1. The monoisotopic (exact) mass is 320 g/mol. The molecule has 0 fully saturated rings. The molecule has 1 aromatic heterocycles. The number of hydrogen-bond donors (Lipinski definition) is 2. The summed E-state index contributed by atoms with van der Waals surface area (Å²) in [5, 5.41) is 8.98. The fourth-order valence-corrected chi connectivity index (χ4v) is 2.33. The molecule has 19 heavy (non-hydrogen) atoms. The van der Waals surface area contributed by atoms with Gasteiger partial charge < -0.3 is 10.8 Å². The fourth-order valence-electron chi connectivity index (χ4n) is 1.54. The largest absolute Gasteiger partial charge is 0.476 e. The van der Waals surface area contributed by atoms with Gasteiger partial charge in [0.25, 0.3) is 0 Å². The van der Waals surface area contributed by atoms with Gasteiger partial charge in [-0.3, -0.25) is 0 Å². The van der Waals surface area contributed by atoms with Crippen LogP contribution in [0.25, 0.3) is 10.4 Å². The van der Waals surface area contributed by atoms with Crippen molar-refractivity contribution in [3.63, 3.8) is 0 Å². The highest BCUT2D eigenvalue weighted by atomic mass is 35.5. The highest BCUT2D eigenvalue weighted by Crippen LogP contribution is 2.28. The number of hydrogen-bond acceptors (Lipinski definition) is 4. The normalized spacial score (nSPS) is 11.1. The summed E-state index contributed by atoms with van der Waals surface area (Å²) in [4.78, 5) is 15.5. The minimum atomic E-state index is -1.00. The summed E-state index contributed by atoms with van der Waals surface area (Å²) in [6.45, 7) is 1.91. The standard InChI is InChI=1S/C12H12N2O2S.2ClH/c1-7(13)8-2-4-9(5-3-8)11-10(12(15)16)14-6-17-11;;/h2-7H,13H2,1H3,(H,15,16);2*1H/t7-;;/m0../s1. The molecule has 1 atom stereocenters. The van der Waals surface area contributed by atoms with Crippen molar-refractivity contribution in [3.8, 4) is 10.4 Å². The lowest BCUT2D eigenvalue weighted by atomic mass is 10.1. The zero-order valence-electron chi connectivity index (χ0n) is 10.1. The Bertz CT molecular complexity index is 541. The Balaban J connectivity index is 0.00000162. The number of thiazole rings is 1. The third-order valence-electron chi connectivity index (χ3n) is 2.47. The van der Waals surface area contributed by atoms with Crippen LogP contribution in [-0.2, 0) is 0 Å². The van der Waals surface area contributed by atoms with E-state index in [1.54, 1.807) is 0 Å². The van der Waals surface area contributed by atoms with Crippen molar-refractivity contribution in [2.24, 2.45) is 5.73 Å². The maximum Gasteiger partial charge on any atom is 0.356 e. The Kier molecular flexibility index (Phi) is 7.00. The first-order valence-electron chi connectivity index (χ1n) is 5.12. The van der Waals surface area contributed by atoms with Gasteiger partial charge in [0.2, 0.25) is 0 Å². The molecule has 7 heteroatoms. The van der Waals surface area contributed by atoms with Crippen LogP contribution in [0.1, 0.15) is 29.0 Å². The first kappa shape index (κ1) is 17.9. The number of halogens is 2. The van der Waals surface area contributed by atoms with E-state index < -0.39 is 5.97 Å². The van der Waals surface area contributed by atoms with Gasteiger partial charge in [-0.15, -0.1) is 36.2 Å². The van der Waals surface area contributed by atoms with Crippen LogP contribution < -0.4 is 5.73 Å². The molecule has 1 heterocycles. The van der Waals surface area contributed by atoms with Gasteiger partial charge in [0.1, 0.15) is 0 Å². The fraction of sp³-hybridized carbons (Fsp3) is 0.167. The molecule has 0 radical (unpaired) electrons. The van der Waals surface area contributed by atoms with Crippen LogP contribution in [0, 0.1) is 0 Å². The molecule has 0 bridgehead atoms. The zero-order valence-corrected chi connectivity index (χ0v) is 12.5. The van der Waals surface area contributed by atoms with Gasteiger partial charge in [0.05, 0.1) is 10.4 Å². The summed E-state index contributed by atoms with van der Waals surface area (Å²) in [6.07, 6.45) is 0. The number of rotatable bonds is 3. The molecule has 2 aromatic rings. The first-order chi connectivity index (χ1) is 8.09. The molecule has 0 saturated heterocycles. The number of benzene rings is 1. The van der Waals surface area contributed by atoms with Crippen LogP contribution in [0.2, 0.25) is 0 Å². The summed E-state index contributed by atoms with van der Waals surface area (Å²) < 4.78 is 0. The molecule has 3 N–H and O–H groups in total. The Morgan fingerprint density at radius 3 is 2.37 bits per heavy atom. The summed E-state index contributed by atoms with van der Waals surface area (Å²) in [6, 6.07) is 7.54. The average molecular weight is 321 g/mol. The SMILES string of the molecule is C[C@H](N)c1ccc(-c2scnc2C(=O)O)cc1.Cl.Cl. The minimum absolute atomic E-state index is 0. The van der Waals surface area contributed by atoms with Crippen LogP contribution in [0.5, 0.6) is 0 Å². The van der Waals surface area contributed by atoms with Gasteiger partial charge in [0, 0.05) is 6.04 Å². The van der Waals surface area contributed by atoms with Gasteiger partial charge in [0.15, 0.2) is 5.69 Å². The number of nitrogens with zero attached hydrogens (tertiary/aromatic N) is 1. The molecular weight excluding hydrogens is 307 g/mol. The second-order valence-corrected chi connectivity index (χ2v) is 4.60. The highest BCUT2D eigenvalue weighted by Gasteiger charge is 2.14. The van der Waals surface area contributed by atoms with Crippen LogP contribution in [0.3, 0.4) is 0 Å². The number of nitrogens with two attached hydrogens (primary N) is 1. The van der Waals surface area contributed by atoms with E-state index >= 15 is 0 Å². The molecule has 104 valence electrons. The Hall–Kier alpha value is -1.14. The first-order valence-corrected chi connectivity index (χ1v) is 6.00. The predicted octanol–water partition coefficient (Wildman–Crippen LogP) is 3.37. The third-order valence-corrected chi connectivity index (χ3v) is 3.34. The van der Waals surface area contributed by atoms with E-state index in [1.807, 2.05) is 31.2 Å². The van der Waals surface area contributed by atoms with Gasteiger partial charge in [-0.25, -0.2) is 9.78 Å². The van der Waals surface area contributed by atoms with Crippen molar-refractivity contribution in [1.29, 1.82) is 0 Å². The van der Waals surface area contributed by atoms with Crippen LogP contribution in [0.15, 0.2) is 29.8 Å². The molecule has 0 spiro atoms. The van der Waals surface area contributed by atoms with Gasteiger partial charge in [-0.05, 0) is 18.1 Å². The van der Waals surface area contributed by atoms with Gasteiger partial charge in [-0.1, -0.05) is 24.3 Å². The number of carbonyl (C=O) groups is 1. The van der Waals surface area contributed by atoms with Crippen molar-refractivity contribution < 1.29 is 9.90 Å². The summed E-state index contributed by atoms with van der Waals surface area (Å²) in [7, 11) is 0. The van der Waals surface area contributed by atoms with Crippen molar-refractivity contribution in [2.75, 3.05) is 0 Å².